The molecule has 2 heterocycles. The maximum absolute atomic E-state index is 8.99. The van der Waals surface area contributed by atoms with Crippen LogP contribution in [0, 0.1) is 19.8 Å². The molecule has 19 heavy (non-hydrogen) atoms. The highest BCUT2D eigenvalue weighted by molar-refractivity contribution is 7.98. The Kier molecular flexibility index (Phi) is 5.06. The lowest BCUT2D eigenvalue weighted by atomic mass is 10.2. The molecule has 1 atom stereocenters. The van der Waals surface area contributed by atoms with Crippen LogP contribution in [0.3, 0.4) is 0 Å². The molecule has 0 radical (unpaired) electrons. The van der Waals surface area contributed by atoms with Gasteiger partial charge in [0, 0.05) is 11.5 Å². The van der Waals surface area contributed by atoms with Crippen LogP contribution in [0.2, 0.25) is 5.15 Å². The summed E-state index contributed by atoms with van der Waals surface area (Å²) in [5.74, 6) is 2.71. The number of hydrogen-bond acceptors (Lipinski definition) is 5. The Balaban J connectivity index is 2.17. The van der Waals surface area contributed by atoms with Crippen LogP contribution in [-0.4, -0.2) is 27.4 Å². The molecule has 0 spiro atoms. The number of halogens is 1. The van der Waals surface area contributed by atoms with Gasteiger partial charge >= 0.3 is 0 Å². The van der Waals surface area contributed by atoms with Gasteiger partial charge < -0.3 is 5.11 Å². The summed E-state index contributed by atoms with van der Waals surface area (Å²) in [5, 5.41) is 10.5. The summed E-state index contributed by atoms with van der Waals surface area (Å²) >= 11 is 9.65. The lowest BCUT2D eigenvalue weighted by molar-refractivity contribution is 0.250. The fourth-order valence-corrected chi connectivity index (χ4v) is 4.08. The summed E-state index contributed by atoms with van der Waals surface area (Å²) in [6, 6.07) is 0. The first-order valence-electron chi connectivity index (χ1n) is 6.13. The van der Waals surface area contributed by atoms with Crippen molar-refractivity contribution >= 4 is 44.9 Å². The fourth-order valence-electron chi connectivity index (χ4n) is 1.71. The number of aromatic nitrogens is 2. The number of aliphatic hydroxyl groups is 1. The van der Waals surface area contributed by atoms with E-state index in [2.05, 4.69) is 23.8 Å². The summed E-state index contributed by atoms with van der Waals surface area (Å²) in [6.45, 7) is 6.38. The zero-order valence-corrected chi connectivity index (χ0v) is 13.6. The molecule has 2 aromatic heterocycles. The summed E-state index contributed by atoms with van der Waals surface area (Å²) in [7, 11) is 0. The third-order valence-corrected chi connectivity index (χ3v) is 5.62. The van der Waals surface area contributed by atoms with E-state index in [9.17, 15) is 0 Å². The van der Waals surface area contributed by atoms with Crippen molar-refractivity contribution < 1.29 is 5.11 Å². The van der Waals surface area contributed by atoms with E-state index in [1.807, 2.05) is 6.92 Å². The molecule has 0 bridgehead atoms. The van der Waals surface area contributed by atoms with Gasteiger partial charge in [0.2, 0.25) is 0 Å². The number of thioether (sulfide) groups is 1. The minimum atomic E-state index is 0.219. The average Bonchev–Trinajstić information content (AvgIpc) is 2.65. The summed E-state index contributed by atoms with van der Waals surface area (Å²) in [4.78, 5) is 11.2. The maximum atomic E-state index is 8.99. The molecule has 0 aliphatic heterocycles. The third-order valence-electron chi connectivity index (χ3n) is 2.98. The van der Waals surface area contributed by atoms with Gasteiger partial charge in [0.15, 0.2) is 0 Å². The molecule has 0 aliphatic carbocycles. The smallest absolute Gasteiger partial charge is 0.141 e. The largest absolute Gasteiger partial charge is 0.396 e. The predicted octanol–water partition coefficient (Wildman–Crippen LogP) is 3.82. The van der Waals surface area contributed by atoms with Gasteiger partial charge in [-0.05, 0) is 31.1 Å². The van der Waals surface area contributed by atoms with Gasteiger partial charge in [-0.2, -0.15) is 11.8 Å². The molecule has 104 valence electrons. The summed E-state index contributed by atoms with van der Waals surface area (Å²) in [5.41, 5.74) is 1.18. The van der Waals surface area contributed by atoms with E-state index in [4.69, 9.17) is 16.7 Å². The predicted molar refractivity (Wildman–Crippen MR) is 84.3 cm³/mol. The van der Waals surface area contributed by atoms with E-state index in [-0.39, 0.29) is 6.61 Å². The topological polar surface area (TPSA) is 46.0 Å². The Morgan fingerprint density at radius 1 is 1.37 bits per heavy atom. The van der Waals surface area contributed by atoms with Gasteiger partial charge in [-0.15, -0.1) is 11.3 Å². The van der Waals surface area contributed by atoms with Gasteiger partial charge in [0.25, 0.3) is 0 Å². The van der Waals surface area contributed by atoms with E-state index < -0.39 is 0 Å². The van der Waals surface area contributed by atoms with Crippen molar-refractivity contribution in [3.8, 4) is 0 Å². The number of hydrogen-bond donors (Lipinski definition) is 1. The highest BCUT2D eigenvalue weighted by Gasteiger charge is 2.13. The van der Waals surface area contributed by atoms with Crippen molar-refractivity contribution in [1.82, 2.24) is 9.97 Å². The number of aliphatic hydroxyl groups excluding tert-OH is 1. The fraction of sp³-hybridized carbons (Fsp3) is 0.538. The Morgan fingerprint density at radius 2 is 2.11 bits per heavy atom. The number of rotatable bonds is 5. The van der Waals surface area contributed by atoms with Crippen molar-refractivity contribution in [3.63, 3.8) is 0 Å². The van der Waals surface area contributed by atoms with Crippen LogP contribution in [0.25, 0.3) is 10.2 Å². The first-order valence-corrected chi connectivity index (χ1v) is 8.48. The van der Waals surface area contributed by atoms with Crippen LogP contribution in [0.4, 0.5) is 0 Å². The monoisotopic (exact) mass is 316 g/mol. The van der Waals surface area contributed by atoms with E-state index in [1.54, 1.807) is 23.1 Å². The molecule has 0 aromatic carbocycles. The average molecular weight is 317 g/mol. The molecule has 6 heteroatoms. The van der Waals surface area contributed by atoms with Crippen molar-refractivity contribution in [2.75, 3.05) is 12.4 Å². The van der Waals surface area contributed by atoms with Crippen molar-refractivity contribution in [1.29, 1.82) is 0 Å². The minimum absolute atomic E-state index is 0.219. The third kappa shape index (κ3) is 3.40. The van der Waals surface area contributed by atoms with Crippen molar-refractivity contribution in [3.05, 3.63) is 21.4 Å². The Hall–Kier alpha value is -0.360. The second-order valence-electron chi connectivity index (χ2n) is 4.70. The van der Waals surface area contributed by atoms with E-state index in [0.717, 1.165) is 27.5 Å². The van der Waals surface area contributed by atoms with Crippen molar-refractivity contribution in [2.24, 2.45) is 5.92 Å². The van der Waals surface area contributed by atoms with Gasteiger partial charge in [-0.3, -0.25) is 0 Å². The molecule has 1 unspecified atom stereocenters. The first-order chi connectivity index (χ1) is 9.02. The highest BCUT2D eigenvalue weighted by Crippen LogP contribution is 2.33. The maximum Gasteiger partial charge on any atom is 0.141 e. The van der Waals surface area contributed by atoms with Gasteiger partial charge in [-0.25, -0.2) is 9.97 Å². The van der Waals surface area contributed by atoms with Crippen LogP contribution in [0.15, 0.2) is 0 Å². The van der Waals surface area contributed by atoms with Crippen LogP contribution < -0.4 is 0 Å². The number of fused-ring (bicyclic) bond motifs is 1. The van der Waals surface area contributed by atoms with Gasteiger partial charge in [0.1, 0.15) is 15.8 Å². The highest BCUT2D eigenvalue weighted by atomic mass is 35.5. The van der Waals surface area contributed by atoms with E-state index in [1.165, 1.54) is 10.4 Å². The van der Waals surface area contributed by atoms with E-state index in [0.29, 0.717) is 11.1 Å². The molecule has 2 rings (SSSR count). The van der Waals surface area contributed by atoms with Crippen LogP contribution in [0.5, 0.6) is 0 Å². The van der Waals surface area contributed by atoms with Gasteiger partial charge in [0.05, 0.1) is 11.1 Å². The SMILES string of the molecule is Cc1sc2nc(CSCC(C)CO)nc(Cl)c2c1C. The number of nitrogens with zero attached hydrogens (tertiary/aromatic N) is 2. The molecule has 0 fully saturated rings. The second kappa shape index (κ2) is 6.39. The summed E-state index contributed by atoms with van der Waals surface area (Å²) < 4.78 is 0. The minimum Gasteiger partial charge on any atom is -0.396 e. The second-order valence-corrected chi connectivity index (χ2v) is 7.29. The number of aryl methyl sites for hydroxylation is 2. The molecule has 0 saturated carbocycles. The quantitative estimate of drug-likeness (QED) is 0.852. The number of thiophene rings is 1. The van der Waals surface area contributed by atoms with Crippen LogP contribution in [-0.2, 0) is 5.75 Å². The Morgan fingerprint density at radius 3 is 2.79 bits per heavy atom. The summed E-state index contributed by atoms with van der Waals surface area (Å²) in [6.07, 6.45) is 0. The van der Waals surface area contributed by atoms with E-state index >= 15 is 0 Å². The molecule has 0 amide bonds. The normalized spacial score (nSPS) is 13.1. The lowest BCUT2D eigenvalue weighted by Crippen LogP contribution is -2.04. The standard InChI is InChI=1S/C13H17ClN2OS2/c1-7(4-17)5-18-6-10-15-12(14)11-8(2)9(3)19-13(11)16-10/h7,17H,4-6H2,1-3H3. The molecule has 0 aliphatic rings. The molecule has 0 saturated heterocycles. The molecule has 1 N–H and O–H groups in total. The molecular weight excluding hydrogens is 300 g/mol. The molecule has 3 nitrogen and oxygen atoms in total. The van der Waals surface area contributed by atoms with Crippen LogP contribution >= 0.6 is 34.7 Å². The Labute approximate surface area is 126 Å². The van der Waals surface area contributed by atoms with Crippen LogP contribution in [0.1, 0.15) is 23.2 Å². The van der Waals surface area contributed by atoms with Crippen molar-refractivity contribution in [2.45, 2.75) is 26.5 Å². The zero-order chi connectivity index (χ0) is 14.0. The zero-order valence-electron chi connectivity index (χ0n) is 11.2. The lowest BCUT2D eigenvalue weighted by Gasteiger charge is -2.06. The Bertz CT molecular complexity index is 586. The van der Waals surface area contributed by atoms with Gasteiger partial charge in [-0.1, -0.05) is 18.5 Å². The first kappa shape index (κ1) is 15.0. The molecular formula is C13H17ClN2OS2. The molecule has 2 aromatic rings.